The molecule has 1 amide bonds. The molecular weight excluding hydrogens is 290 g/mol. The van der Waals surface area contributed by atoms with Crippen molar-refractivity contribution in [2.75, 3.05) is 20.3 Å². The Morgan fingerprint density at radius 3 is 2.83 bits per heavy atom. The topological polar surface area (TPSA) is 38.8 Å². The minimum absolute atomic E-state index is 0.162. The maximum Gasteiger partial charge on any atom is 0.254 e. The molecule has 4 nitrogen and oxygen atoms in total. The summed E-state index contributed by atoms with van der Waals surface area (Å²) in [6, 6.07) is 6.20. The minimum Gasteiger partial charge on any atom is -0.496 e. The van der Waals surface area contributed by atoms with Crippen molar-refractivity contribution in [3.8, 4) is 5.75 Å². The van der Waals surface area contributed by atoms with Crippen molar-refractivity contribution < 1.29 is 14.3 Å². The second-order valence-corrected chi connectivity index (χ2v) is 6.99. The summed E-state index contributed by atoms with van der Waals surface area (Å²) in [6.45, 7) is 1.38. The highest BCUT2D eigenvalue weighted by atomic mass is 16.5. The summed E-state index contributed by atoms with van der Waals surface area (Å²) < 4.78 is 11.4. The van der Waals surface area contributed by atoms with Crippen LogP contribution in [-0.2, 0) is 4.74 Å². The Hall–Kier alpha value is -1.55. The standard InChI is InChI=1S/C19H25NO3/c1-22-17-9-8-14(12-15(17)13-6-7-13)19(21)20-10-11-23-18-5-3-2-4-16(18)20/h8-9,12-13,16,18H,2-7,10-11H2,1H3/t16-,18+/m1/s1. The fourth-order valence-electron chi connectivity index (χ4n) is 4.10. The molecule has 2 aliphatic carbocycles. The lowest BCUT2D eigenvalue weighted by Crippen LogP contribution is -2.54. The third kappa shape index (κ3) is 2.85. The number of amides is 1. The lowest BCUT2D eigenvalue weighted by atomic mass is 9.89. The average molecular weight is 315 g/mol. The molecule has 23 heavy (non-hydrogen) atoms. The zero-order valence-electron chi connectivity index (χ0n) is 13.8. The predicted octanol–water partition coefficient (Wildman–Crippen LogP) is 3.36. The van der Waals surface area contributed by atoms with Gasteiger partial charge in [0.25, 0.3) is 5.91 Å². The Morgan fingerprint density at radius 1 is 1.22 bits per heavy atom. The third-order valence-electron chi connectivity index (χ3n) is 5.49. The maximum absolute atomic E-state index is 13.1. The van der Waals surface area contributed by atoms with E-state index in [0.29, 0.717) is 19.1 Å². The van der Waals surface area contributed by atoms with Crippen LogP contribution >= 0.6 is 0 Å². The highest BCUT2D eigenvalue weighted by molar-refractivity contribution is 5.95. The number of benzene rings is 1. The minimum atomic E-state index is 0.162. The molecule has 1 saturated heterocycles. The van der Waals surface area contributed by atoms with Gasteiger partial charge in [-0.3, -0.25) is 4.79 Å². The van der Waals surface area contributed by atoms with Gasteiger partial charge in [-0.15, -0.1) is 0 Å². The van der Waals surface area contributed by atoms with E-state index in [0.717, 1.165) is 24.2 Å². The molecule has 0 unspecified atom stereocenters. The SMILES string of the molecule is COc1ccc(C(=O)N2CCO[C@H]3CCCC[C@H]32)cc1C1CC1. The van der Waals surface area contributed by atoms with Gasteiger partial charge in [0, 0.05) is 12.1 Å². The molecule has 1 heterocycles. The lowest BCUT2D eigenvalue weighted by Gasteiger charge is -2.43. The maximum atomic E-state index is 13.1. The molecular formula is C19H25NO3. The molecule has 4 rings (SSSR count). The van der Waals surface area contributed by atoms with Gasteiger partial charge in [-0.05, 0) is 55.4 Å². The van der Waals surface area contributed by atoms with Gasteiger partial charge in [-0.25, -0.2) is 0 Å². The summed E-state index contributed by atoms with van der Waals surface area (Å²) >= 11 is 0. The van der Waals surface area contributed by atoms with E-state index >= 15 is 0 Å². The van der Waals surface area contributed by atoms with Crippen LogP contribution in [0.1, 0.15) is 60.4 Å². The molecule has 1 aliphatic heterocycles. The molecule has 3 fully saturated rings. The summed E-state index contributed by atoms with van der Waals surface area (Å²) in [5, 5.41) is 0. The molecule has 0 spiro atoms. The Labute approximate surface area is 137 Å². The smallest absolute Gasteiger partial charge is 0.254 e. The Morgan fingerprint density at radius 2 is 2.04 bits per heavy atom. The van der Waals surface area contributed by atoms with E-state index in [4.69, 9.17) is 9.47 Å². The summed E-state index contributed by atoms with van der Waals surface area (Å²) in [5.74, 6) is 1.65. The van der Waals surface area contributed by atoms with Crippen molar-refractivity contribution in [3.05, 3.63) is 29.3 Å². The van der Waals surface area contributed by atoms with Crippen LogP contribution in [-0.4, -0.2) is 43.2 Å². The predicted molar refractivity (Wildman–Crippen MR) is 88.0 cm³/mol. The highest BCUT2D eigenvalue weighted by Crippen LogP contribution is 2.44. The summed E-state index contributed by atoms with van der Waals surface area (Å²) in [4.78, 5) is 15.1. The zero-order chi connectivity index (χ0) is 15.8. The normalized spacial score (nSPS) is 27.4. The van der Waals surface area contributed by atoms with Crippen molar-refractivity contribution in [2.45, 2.75) is 56.6 Å². The van der Waals surface area contributed by atoms with E-state index in [2.05, 4.69) is 11.0 Å². The number of rotatable bonds is 3. The monoisotopic (exact) mass is 315 g/mol. The molecule has 0 radical (unpaired) electrons. The van der Waals surface area contributed by atoms with Crippen molar-refractivity contribution in [2.24, 2.45) is 0 Å². The highest BCUT2D eigenvalue weighted by Gasteiger charge is 2.37. The first-order chi connectivity index (χ1) is 11.3. The first-order valence-electron chi connectivity index (χ1n) is 8.88. The summed E-state index contributed by atoms with van der Waals surface area (Å²) in [5.41, 5.74) is 2.01. The van der Waals surface area contributed by atoms with Gasteiger partial charge in [0.05, 0.1) is 25.9 Å². The number of methoxy groups -OCH3 is 1. The fraction of sp³-hybridized carbons (Fsp3) is 0.632. The van der Waals surface area contributed by atoms with E-state index in [9.17, 15) is 4.79 Å². The van der Waals surface area contributed by atoms with Crippen molar-refractivity contribution in [1.29, 1.82) is 0 Å². The Kier molecular flexibility index (Phi) is 4.02. The first-order valence-corrected chi connectivity index (χ1v) is 8.88. The van der Waals surface area contributed by atoms with E-state index in [1.54, 1.807) is 7.11 Å². The van der Waals surface area contributed by atoms with Gasteiger partial charge in [0.1, 0.15) is 5.75 Å². The third-order valence-corrected chi connectivity index (χ3v) is 5.49. The van der Waals surface area contributed by atoms with Gasteiger partial charge in [-0.1, -0.05) is 12.8 Å². The van der Waals surface area contributed by atoms with Crippen LogP contribution < -0.4 is 4.74 Å². The number of ether oxygens (including phenoxy) is 2. The van der Waals surface area contributed by atoms with Gasteiger partial charge in [0.15, 0.2) is 0 Å². The Balaban J connectivity index is 1.59. The average Bonchev–Trinajstić information content (AvgIpc) is 3.45. The van der Waals surface area contributed by atoms with Crippen LogP contribution in [0.15, 0.2) is 18.2 Å². The van der Waals surface area contributed by atoms with Crippen LogP contribution in [0.4, 0.5) is 0 Å². The van der Waals surface area contributed by atoms with Gasteiger partial charge < -0.3 is 14.4 Å². The van der Waals surface area contributed by atoms with Crippen molar-refractivity contribution in [1.82, 2.24) is 4.90 Å². The van der Waals surface area contributed by atoms with Gasteiger partial charge in [-0.2, -0.15) is 0 Å². The fourth-order valence-corrected chi connectivity index (χ4v) is 4.10. The summed E-state index contributed by atoms with van der Waals surface area (Å²) in [7, 11) is 1.71. The number of morpholine rings is 1. The van der Waals surface area contributed by atoms with Gasteiger partial charge >= 0.3 is 0 Å². The number of carbonyl (C=O) groups is 1. The van der Waals surface area contributed by atoms with Crippen LogP contribution in [0.5, 0.6) is 5.75 Å². The molecule has 2 saturated carbocycles. The van der Waals surface area contributed by atoms with Crippen LogP contribution in [0, 0.1) is 0 Å². The molecule has 124 valence electrons. The largest absolute Gasteiger partial charge is 0.496 e. The van der Waals surface area contributed by atoms with Crippen molar-refractivity contribution in [3.63, 3.8) is 0 Å². The Bertz CT molecular complexity index is 594. The van der Waals surface area contributed by atoms with Crippen LogP contribution in [0.25, 0.3) is 0 Å². The summed E-state index contributed by atoms with van der Waals surface area (Å²) in [6.07, 6.45) is 7.23. The molecule has 0 bridgehead atoms. The first kappa shape index (κ1) is 15.0. The number of carbonyl (C=O) groups excluding carboxylic acids is 1. The van der Waals surface area contributed by atoms with E-state index in [-0.39, 0.29) is 18.1 Å². The van der Waals surface area contributed by atoms with Gasteiger partial charge in [0.2, 0.25) is 0 Å². The van der Waals surface area contributed by atoms with Crippen LogP contribution in [0.3, 0.4) is 0 Å². The van der Waals surface area contributed by atoms with Crippen LogP contribution in [0.2, 0.25) is 0 Å². The van der Waals surface area contributed by atoms with E-state index < -0.39 is 0 Å². The quantitative estimate of drug-likeness (QED) is 0.858. The molecule has 2 atom stereocenters. The molecule has 1 aromatic rings. The molecule has 3 aliphatic rings. The number of hydrogen-bond donors (Lipinski definition) is 0. The second kappa shape index (κ2) is 6.16. The van der Waals surface area contributed by atoms with E-state index in [1.807, 2.05) is 12.1 Å². The molecule has 0 N–H and O–H groups in total. The molecule has 1 aromatic carbocycles. The second-order valence-electron chi connectivity index (χ2n) is 6.99. The van der Waals surface area contributed by atoms with Crippen molar-refractivity contribution >= 4 is 5.91 Å². The lowest BCUT2D eigenvalue weighted by molar-refractivity contribution is -0.0752. The number of hydrogen-bond acceptors (Lipinski definition) is 3. The zero-order valence-corrected chi connectivity index (χ0v) is 13.8. The van der Waals surface area contributed by atoms with E-state index in [1.165, 1.54) is 31.2 Å². The number of nitrogens with zero attached hydrogens (tertiary/aromatic N) is 1. The number of fused-ring (bicyclic) bond motifs is 1. The molecule has 4 heteroatoms. The molecule has 0 aromatic heterocycles.